The second-order valence-corrected chi connectivity index (χ2v) is 5.07. The normalized spacial score (nSPS) is 18.8. The Hall–Kier alpha value is -1.31. The van der Waals surface area contributed by atoms with E-state index in [0.717, 1.165) is 11.4 Å². The van der Waals surface area contributed by atoms with Crippen LogP contribution in [0.2, 0.25) is 5.02 Å². The van der Waals surface area contributed by atoms with Gasteiger partial charge in [-0.1, -0.05) is 75.7 Å². The molecule has 1 fully saturated rings. The minimum atomic E-state index is 0.372. The fraction of sp³-hybridized carbons (Fsp3) is 0.368. The molecule has 2 unspecified atom stereocenters. The number of nitrogens with two attached hydrogens (primary N) is 1. The van der Waals surface area contributed by atoms with Gasteiger partial charge in [0.15, 0.2) is 0 Å². The monoisotopic (exact) mass is 303 g/mol. The van der Waals surface area contributed by atoms with Crippen LogP contribution in [0.4, 0.5) is 0 Å². The standard InChI is InChI=1S/C15H14ClN.2C2H6/c16-13-7-5-11(6-8-13)10-1-3-12(4-2-10)14-9-15(14)17;2*1-2/h1-8,14-15H,9,17H2;2*1-2H3. The smallest absolute Gasteiger partial charge is 0.0406 e. The number of hydrogen-bond donors (Lipinski definition) is 1. The van der Waals surface area contributed by atoms with Crippen LogP contribution in [0.1, 0.15) is 45.6 Å². The summed E-state index contributed by atoms with van der Waals surface area (Å²) in [5.74, 6) is 0.578. The van der Waals surface area contributed by atoms with E-state index < -0.39 is 0 Å². The maximum atomic E-state index is 5.88. The molecule has 0 amide bonds. The molecule has 3 rings (SSSR count). The highest BCUT2D eigenvalue weighted by molar-refractivity contribution is 6.30. The van der Waals surface area contributed by atoms with Gasteiger partial charge in [-0.2, -0.15) is 0 Å². The zero-order chi connectivity index (χ0) is 15.8. The first-order valence-corrected chi connectivity index (χ1v) is 8.23. The lowest BCUT2D eigenvalue weighted by Crippen LogP contribution is -2.00. The van der Waals surface area contributed by atoms with E-state index in [1.54, 1.807) is 0 Å². The fourth-order valence-electron chi connectivity index (χ4n) is 2.16. The van der Waals surface area contributed by atoms with Crippen LogP contribution in [-0.2, 0) is 0 Å². The maximum Gasteiger partial charge on any atom is 0.0406 e. The Kier molecular flexibility index (Phi) is 7.49. The zero-order valence-corrected chi connectivity index (χ0v) is 14.2. The fourth-order valence-corrected chi connectivity index (χ4v) is 2.29. The summed E-state index contributed by atoms with van der Waals surface area (Å²) in [5, 5.41) is 0.773. The highest BCUT2D eigenvalue weighted by Gasteiger charge is 2.34. The number of hydrogen-bond acceptors (Lipinski definition) is 1. The van der Waals surface area contributed by atoms with Crippen molar-refractivity contribution in [3.63, 3.8) is 0 Å². The number of benzene rings is 2. The van der Waals surface area contributed by atoms with E-state index in [1.807, 2.05) is 52.0 Å². The highest BCUT2D eigenvalue weighted by Crippen LogP contribution is 2.39. The lowest BCUT2D eigenvalue weighted by Gasteiger charge is -2.04. The first-order chi connectivity index (χ1) is 10.2. The van der Waals surface area contributed by atoms with Crippen LogP contribution in [0.15, 0.2) is 48.5 Å². The van der Waals surface area contributed by atoms with Crippen LogP contribution in [0.3, 0.4) is 0 Å². The van der Waals surface area contributed by atoms with Crippen LogP contribution in [-0.4, -0.2) is 6.04 Å². The Morgan fingerprint density at radius 2 is 1.19 bits per heavy atom. The average Bonchev–Trinajstić information content (AvgIpc) is 3.29. The summed E-state index contributed by atoms with van der Waals surface area (Å²) in [4.78, 5) is 0. The molecular weight excluding hydrogens is 278 g/mol. The Bertz CT molecular complexity index is 516. The van der Waals surface area contributed by atoms with Gasteiger partial charge in [0, 0.05) is 17.0 Å². The summed E-state index contributed by atoms with van der Waals surface area (Å²) in [6, 6.07) is 17.0. The Balaban J connectivity index is 0.000000510. The molecule has 1 aliphatic rings. The lowest BCUT2D eigenvalue weighted by molar-refractivity contribution is 0.991. The van der Waals surface area contributed by atoms with Crippen molar-refractivity contribution < 1.29 is 0 Å². The Morgan fingerprint density at radius 1 is 0.810 bits per heavy atom. The molecule has 1 nitrogen and oxygen atoms in total. The summed E-state index contributed by atoms with van der Waals surface area (Å²) in [6.45, 7) is 8.00. The third-order valence-corrected chi connectivity index (χ3v) is 3.61. The average molecular weight is 304 g/mol. The molecule has 0 radical (unpaired) electrons. The van der Waals surface area contributed by atoms with Gasteiger partial charge >= 0.3 is 0 Å². The van der Waals surface area contributed by atoms with Crippen LogP contribution < -0.4 is 5.73 Å². The van der Waals surface area contributed by atoms with Gasteiger partial charge in [0.05, 0.1) is 0 Å². The van der Waals surface area contributed by atoms with E-state index in [4.69, 9.17) is 17.3 Å². The molecule has 0 bridgehead atoms. The second-order valence-electron chi connectivity index (χ2n) is 4.63. The molecule has 2 atom stereocenters. The molecule has 2 aromatic carbocycles. The van der Waals surface area contributed by atoms with E-state index in [-0.39, 0.29) is 0 Å². The molecule has 0 saturated heterocycles. The van der Waals surface area contributed by atoms with Crippen molar-refractivity contribution in [2.75, 3.05) is 0 Å². The van der Waals surface area contributed by atoms with Gasteiger partial charge in [0.25, 0.3) is 0 Å². The predicted molar refractivity (Wildman–Crippen MR) is 94.9 cm³/mol. The topological polar surface area (TPSA) is 26.0 Å². The van der Waals surface area contributed by atoms with Gasteiger partial charge in [-0.05, 0) is 35.2 Å². The first kappa shape index (κ1) is 17.7. The molecule has 1 aliphatic carbocycles. The van der Waals surface area contributed by atoms with Crippen LogP contribution >= 0.6 is 11.6 Å². The predicted octanol–water partition coefficient (Wildman–Crippen LogP) is 5.87. The van der Waals surface area contributed by atoms with Gasteiger partial charge in [0.1, 0.15) is 0 Å². The molecular formula is C19H26ClN. The molecule has 21 heavy (non-hydrogen) atoms. The van der Waals surface area contributed by atoms with Gasteiger partial charge in [-0.25, -0.2) is 0 Å². The van der Waals surface area contributed by atoms with E-state index in [2.05, 4.69) is 24.3 Å². The molecule has 114 valence electrons. The van der Waals surface area contributed by atoms with Crippen molar-refractivity contribution in [3.05, 3.63) is 59.1 Å². The molecule has 0 heterocycles. The van der Waals surface area contributed by atoms with Crippen LogP contribution in [0.5, 0.6) is 0 Å². The van der Waals surface area contributed by atoms with Crippen LogP contribution in [0.25, 0.3) is 11.1 Å². The number of rotatable bonds is 2. The molecule has 1 saturated carbocycles. The summed E-state index contributed by atoms with van der Waals surface area (Å²) >= 11 is 5.88. The molecule has 0 aromatic heterocycles. The molecule has 2 heteroatoms. The van der Waals surface area contributed by atoms with E-state index in [0.29, 0.717) is 12.0 Å². The molecule has 2 N–H and O–H groups in total. The summed E-state index contributed by atoms with van der Waals surface area (Å²) in [6.07, 6.45) is 1.13. The maximum absolute atomic E-state index is 5.88. The molecule has 0 aliphatic heterocycles. The largest absolute Gasteiger partial charge is 0.327 e. The Labute approximate surface area is 134 Å². The van der Waals surface area contributed by atoms with Crippen molar-refractivity contribution >= 4 is 11.6 Å². The van der Waals surface area contributed by atoms with Crippen molar-refractivity contribution in [2.24, 2.45) is 5.73 Å². The third kappa shape index (κ3) is 4.87. The second kappa shape index (κ2) is 8.86. The first-order valence-electron chi connectivity index (χ1n) is 7.85. The van der Waals surface area contributed by atoms with E-state index >= 15 is 0 Å². The molecule has 0 spiro atoms. The Morgan fingerprint density at radius 3 is 1.57 bits per heavy atom. The van der Waals surface area contributed by atoms with E-state index in [1.165, 1.54) is 16.7 Å². The van der Waals surface area contributed by atoms with Crippen molar-refractivity contribution in [2.45, 2.75) is 46.1 Å². The van der Waals surface area contributed by atoms with Crippen molar-refractivity contribution in [3.8, 4) is 11.1 Å². The van der Waals surface area contributed by atoms with E-state index in [9.17, 15) is 0 Å². The zero-order valence-electron chi connectivity index (χ0n) is 13.4. The van der Waals surface area contributed by atoms with Gasteiger partial charge in [0.2, 0.25) is 0 Å². The minimum absolute atomic E-state index is 0.372. The van der Waals surface area contributed by atoms with Crippen LogP contribution in [0, 0.1) is 0 Å². The van der Waals surface area contributed by atoms with Gasteiger partial charge in [-0.3, -0.25) is 0 Å². The summed E-state index contributed by atoms with van der Waals surface area (Å²) in [5.41, 5.74) is 9.62. The number of halogens is 1. The minimum Gasteiger partial charge on any atom is -0.327 e. The molecule has 2 aromatic rings. The van der Waals surface area contributed by atoms with Crippen molar-refractivity contribution in [1.82, 2.24) is 0 Å². The summed E-state index contributed by atoms with van der Waals surface area (Å²) < 4.78 is 0. The summed E-state index contributed by atoms with van der Waals surface area (Å²) in [7, 11) is 0. The van der Waals surface area contributed by atoms with Gasteiger partial charge in [-0.15, -0.1) is 0 Å². The SMILES string of the molecule is CC.CC.NC1CC1c1ccc(-c2ccc(Cl)cc2)cc1. The quantitative estimate of drug-likeness (QED) is 0.737. The third-order valence-electron chi connectivity index (χ3n) is 3.36. The highest BCUT2D eigenvalue weighted by atomic mass is 35.5. The van der Waals surface area contributed by atoms with Crippen molar-refractivity contribution in [1.29, 1.82) is 0 Å². The van der Waals surface area contributed by atoms with Gasteiger partial charge < -0.3 is 5.73 Å². The lowest BCUT2D eigenvalue weighted by atomic mass is 10.0.